The molecule has 0 bridgehead atoms. The van der Waals surface area contributed by atoms with Gasteiger partial charge in [-0.2, -0.15) is 0 Å². The van der Waals surface area contributed by atoms with Crippen molar-refractivity contribution in [2.24, 2.45) is 0 Å². The predicted molar refractivity (Wildman–Crippen MR) is 93.0 cm³/mol. The monoisotopic (exact) mass is 340 g/mol. The normalized spacial score (nSPS) is 19.6. The molecule has 2 aliphatic heterocycles. The summed E-state index contributed by atoms with van der Waals surface area (Å²) in [5.41, 5.74) is 2.21. The van der Waals surface area contributed by atoms with Crippen LogP contribution in [0.15, 0.2) is 36.7 Å². The average Bonchev–Trinajstić information content (AvgIpc) is 3.11. The second-order valence-electron chi connectivity index (χ2n) is 6.09. The second-order valence-corrected chi connectivity index (χ2v) is 6.09. The third-order valence-electron chi connectivity index (χ3n) is 4.66. The zero-order chi connectivity index (χ0) is 17.2. The third kappa shape index (κ3) is 3.02. The molecular weight excluding hydrogens is 320 g/mol. The first kappa shape index (κ1) is 15.8. The Morgan fingerprint density at radius 3 is 3.04 bits per heavy atom. The summed E-state index contributed by atoms with van der Waals surface area (Å²) in [4.78, 5) is 25.2. The molecule has 0 spiro atoms. The van der Waals surface area contributed by atoms with Gasteiger partial charge in [0.2, 0.25) is 5.88 Å². The van der Waals surface area contributed by atoms with Crippen molar-refractivity contribution in [2.45, 2.75) is 12.5 Å². The summed E-state index contributed by atoms with van der Waals surface area (Å²) in [6.07, 6.45) is 1.86. The number of ether oxygens (including phenoxy) is 2. The topological polar surface area (TPSA) is 67.8 Å². The maximum Gasteiger partial charge on any atom is 0.257 e. The maximum absolute atomic E-state index is 13.0. The third-order valence-corrected chi connectivity index (χ3v) is 4.66. The van der Waals surface area contributed by atoms with Crippen molar-refractivity contribution in [2.75, 3.05) is 43.2 Å². The largest absolute Gasteiger partial charge is 0.481 e. The van der Waals surface area contributed by atoms with E-state index in [0.29, 0.717) is 32.1 Å². The quantitative estimate of drug-likeness (QED) is 0.838. The molecule has 3 heterocycles. The minimum Gasteiger partial charge on any atom is -0.481 e. The molecule has 1 atom stereocenters. The molecule has 2 aliphatic rings. The van der Waals surface area contributed by atoms with E-state index < -0.39 is 6.10 Å². The minimum atomic E-state index is -0.499. The molecule has 0 aliphatic carbocycles. The molecule has 1 aromatic carbocycles. The van der Waals surface area contributed by atoms with Crippen LogP contribution in [0.5, 0.6) is 5.88 Å². The van der Waals surface area contributed by atoms with E-state index in [-0.39, 0.29) is 5.91 Å². The molecular formula is C18H20N4O3. The van der Waals surface area contributed by atoms with Crippen LogP contribution in [0.3, 0.4) is 0 Å². The van der Waals surface area contributed by atoms with Crippen molar-refractivity contribution in [1.82, 2.24) is 9.97 Å². The number of hydrogen-bond acceptors (Lipinski definition) is 6. The van der Waals surface area contributed by atoms with Crippen LogP contribution in [0.25, 0.3) is 0 Å². The summed E-state index contributed by atoms with van der Waals surface area (Å²) in [6, 6.07) is 9.82. The lowest BCUT2D eigenvalue weighted by Gasteiger charge is -2.34. The number of carbonyl (C=O) groups excluding carboxylic acids is 1. The van der Waals surface area contributed by atoms with E-state index in [0.717, 1.165) is 17.9 Å². The Labute approximate surface area is 146 Å². The summed E-state index contributed by atoms with van der Waals surface area (Å²) in [6.45, 7) is 2.34. The summed E-state index contributed by atoms with van der Waals surface area (Å²) in [7, 11) is 1.57. The highest BCUT2D eigenvalue weighted by atomic mass is 16.5. The molecule has 2 aromatic rings. The van der Waals surface area contributed by atoms with Gasteiger partial charge in [-0.05, 0) is 18.1 Å². The Morgan fingerprint density at radius 1 is 1.28 bits per heavy atom. The fourth-order valence-corrected chi connectivity index (χ4v) is 3.36. The van der Waals surface area contributed by atoms with Crippen LogP contribution >= 0.6 is 0 Å². The number of benzene rings is 1. The molecule has 0 saturated carbocycles. The van der Waals surface area contributed by atoms with Crippen LogP contribution in [0, 0.1) is 0 Å². The molecule has 7 nitrogen and oxygen atoms in total. The fourth-order valence-electron chi connectivity index (χ4n) is 3.36. The van der Waals surface area contributed by atoms with Crippen LogP contribution < -0.4 is 14.5 Å². The first-order valence-electron chi connectivity index (χ1n) is 8.38. The van der Waals surface area contributed by atoms with E-state index in [4.69, 9.17) is 9.47 Å². The van der Waals surface area contributed by atoms with Crippen LogP contribution in [-0.2, 0) is 16.0 Å². The van der Waals surface area contributed by atoms with Crippen molar-refractivity contribution in [3.63, 3.8) is 0 Å². The highest BCUT2D eigenvalue weighted by Crippen LogP contribution is 2.29. The first-order valence-corrected chi connectivity index (χ1v) is 8.38. The molecule has 25 heavy (non-hydrogen) atoms. The number of methoxy groups -OCH3 is 1. The Hall–Kier alpha value is -2.67. The van der Waals surface area contributed by atoms with Gasteiger partial charge in [-0.1, -0.05) is 18.2 Å². The fraction of sp³-hybridized carbons (Fsp3) is 0.389. The van der Waals surface area contributed by atoms with E-state index in [1.165, 1.54) is 11.9 Å². The maximum atomic E-state index is 13.0. The zero-order valence-electron chi connectivity index (χ0n) is 14.1. The summed E-state index contributed by atoms with van der Waals surface area (Å²) in [5.74, 6) is 1.26. The first-order chi connectivity index (χ1) is 12.3. The van der Waals surface area contributed by atoms with Gasteiger partial charge in [-0.3, -0.25) is 4.79 Å². The van der Waals surface area contributed by atoms with Gasteiger partial charge in [0.05, 0.1) is 20.3 Å². The lowest BCUT2D eigenvalue weighted by Crippen LogP contribution is -2.51. The predicted octanol–water partition coefficient (Wildman–Crippen LogP) is 1.28. The number of hydrogen-bond donors (Lipinski definition) is 0. The van der Waals surface area contributed by atoms with E-state index in [2.05, 4.69) is 16.0 Å². The van der Waals surface area contributed by atoms with Crippen LogP contribution in [0.4, 0.5) is 11.5 Å². The number of carbonyl (C=O) groups is 1. The van der Waals surface area contributed by atoms with E-state index in [1.54, 1.807) is 13.2 Å². The SMILES string of the molecule is COc1cc(N2CCOC(C(=O)N3CCc4ccccc43)C2)ncn1. The molecule has 7 heteroatoms. The molecule has 1 saturated heterocycles. The molecule has 1 unspecified atom stereocenters. The van der Waals surface area contributed by atoms with Gasteiger partial charge < -0.3 is 19.3 Å². The number of para-hydroxylation sites is 1. The highest BCUT2D eigenvalue weighted by molar-refractivity contribution is 5.98. The van der Waals surface area contributed by atoms with Crippen molar-refractivity contribution < 1.29 is 14.3 Å². The number of morpholine rings is 1. The number of rotatable bonds is 3. The number of anilines is 2. The number of fused-ring (bicyclic) bond motifs is 1. The Kier molecular flexibility index (Phi) is 4.23. The van der Waals surface area contributed by atoms with Gasteiger partial charge in [0, 0.05) is 24.8 Å². The van der Waals surface area contributed by atoms with E-state index >= 15 is 0 Å². The summed E-state index contributed by atoms with van der Waals surface area (Å²) in [5, 5.41) is 0. The van der Waals surface area contributed by atoms with Gasteiger partial charge in [0.1, 0.15) is 12.1 Å². The molecule has 1 fully saturated rings. The lowest BCUT2D eigenvalue weighted by molar-refractivity contribution is -0.130. The van der Waals surface area contributed by atoms with Crippen LogP contribution in [-0.4, -0.2) is 55.3 Å². The summed E-state index contributed by atoms with van der Waals surface area (Å²) < 4.78 is 10.9. The van der Waals surface area contributed by atoms with Gasteiger partial charge in [-0.25, -0.2) is 9.97 Å². The zero-order valence-corrected chi connectivity index (χ0v) is 14.1. The molecule has 4 rings (SSSR count). The average molecular weight is 340 g/mol. The van der Waals surface area contributed by atoms with Crippen molar-refractivity contribution in [1.29, 1.82) is 0 Å². The summed E-state index contributed by atoms with van der Waals surface area (Å²) >= 11 is 0. The van der Waals surface area contributed by atoms with Gasteiger partial charge >= 0.3 is 0 Å². The Bertz CT molecular complexity index is 782. The number of amides is 1. The molecule has 0 radical (unpaired) electrons. The van der Waals surface area contributed by atoms with Crippen LogP contribution in [0.1, 0.15) is 5.56 Å². The van der Waals surface area contributed by atoms with Crippen LogP contribution in [0.2, 0.25) is 0 Å². The van der Waals surface area contributed by atoms with Gasteiger partial charge in [0.25, 0.3) is 5.91 Å². The van der Waals surface area contributed by atoms with E-state index in [9.17, 15) is 4.79 Å². The highest BCUT2D eigenvalue weighted by Gasteiger charge is 2.34. The number of aromatic nitrogens is 2. The second kappa shape index (κ2) is 6.68. The van der Waals surface area contributed by atoms with Gasteiger partial charge in [-0.15, -0.1) is 0 Å². The molecule has 1 amide bonds. The molecule has 1 aromatic heterocycles. The van der Waals surface area contributed by atoms with Gasteiger partial charge in [0.15, 0.2) is 6.10 Å². The Morgan fingerprint density at radius 2 is 2.16 bits per heavy atom. The number of nitrogens with zero attached hydrogens (tertiary/aromatic N) is 4. The minimum absolute atomic E-state index is 0.00988. The molecule has 0 N–H and O–H groups in total. The Balaban J connectivity index is 1.50. The van der Waals surface area contributed by atoms with Crippen molar-refractivity contribution in [3.05, 3.63) is 42.2 Å². The smallest absolute Gasteiger partial charge is 0.257 e. The lowest BCUT2D eigenvalue weighted by atomic mass is 10.2. The van der Waals surface area contributed by atoms with Crippen molar-refractivity contribution >= 4 is 17.4 Å². The standard InChI is InChI=1S/C18H20N4O3/c1-24-17-10-16(19-12-20-17)21-8-9-25-15(11-21)18(23)22-7-6-13-4-2-3-5-14(13)22/h2-5,10,12,15H,6-9,11H2,1H3. The van der Waals surface area contributed by atoms with E-state index in [1.807, 2.05) is 28.0 Å². The van der Waals surface area contributed by atoms with Crippen molar-refractivity contribution in [3.8, 4) is 5.88 Å². The molecule has 130 valence electrons.